The molecule has 80 valence electrons. The Morgan fingerprint density at radius 3 is 2.67 bits per heavy atom. The summed E-state index contributed by atoms with van der Waals surface area (Å²) >= 11 is 4.92. The van der Waals surface area contributed by atoms with Gasteiger partial charge in [0.05, 0.1) is 5.69 Å². The molecule has 0 saturated carbocycles. The molecule has 0 unspecified atom stereocenters. The van der Waals surface area contributed by atoms with Crippen molar-refractivity contribution in [1.29, 1.82) is 0 Å². The monoisotopic (exact) mass is 226 g/mol. The summed E-state index contributed by atoms with van der Waals surface area (Å²) in [6.07, 6.45) is 0. The Labute approximate surface area is 89.9 Å². The van der Waals surface area contributed by atoms with E-state index in [0.29, 0.717) is 10.7 Å². The van der Waals surface area contributed by atoms with E-state index in [1.165, 1.54) is 4.57 Å². The second-order valence-electron chi connectivity index (χ2n) is 3.20. The molecule has 0 aromatic carbocycles. The van der Waals surface area contributed by atoms with Gasteiger partial charge in [0, 0.05) is 0 Å². The molecule has 0 bridgehead atoms. The Morgan fingerprint density at radius 2 is 2.20 bits per heavy atom. The number of aryl methyl sites for hydroxylation is 2. The van der Waals surface area contributed by atoms with Gasteiger partial charge < -0.3 is 4.42 Å². The molecular weight excluding hydrogens is 216 g/mol. The van der Waals surface area contributed by atoms with Crippen LogP contribution < -0.4 is 5.69 Å². The highest BCUT2D eigenvalue weighted by molar-refractivity contribution is 7.71. The second-order valence-corrected chi connectivity index (χ2v) is 3.58. The zero-order valence-electron chi connectivity index (χ0n) is 8.33. The topological polar surface area (TPSA) is 79.6 Å². The summed E-state index contributed by atoms with van der Waals surface area (Å²) in [4.78, 5) is 15.4. The molecule has 2 N–H and O–H groups in total. The fourth-order valence-electron chi connectivity index (χ4n) is 1.22. The number of aromatic amines is 2. The Bertz CT molecular complexity index is 541. The molecule has 6 nitrogen and oxygen atoms in total. The molecule has 0 radical (unpaired) electrons. The Balaban J connectivity index is 2.37. The standard InChI is InChI=1S/C8H10N4O2S/c1-4-5(2)14-6(9-4)3-12-7(13)10-11-8(12)15/h3H2,1-2H3,(H,10,13)(H,11,15). The van der Waals surface area contributed by atoms with Crippen LogP contribution in [-0.4, -0.2) is 19.7 Å². The van der Waals surface area contributed by atoms with Crippen LogP contribution in [0.5, 0.6) is 0 Å². The minimum atomic E-state index is -0.298. The lowest BCUT2D eigenvalue weighted by Crippen LogP contribution is -2.17. The zero-order chi connectivity index (χ0) is 11.0. The average Bonchev–Trinajstić information content (AvgIpc) is 2.64. The van der Waals surface area contributed by atoms with Crippen molar-refractivity contribution in [3.05, 3.63) is 32.6 Å². The van der Waals surface area contributed by atoms with Gasteiger partial charge in [-0.25, -0.2) is 14.9 Å². The lowest BCUT2D eigenvalue weighted by Gasteiger charge is -1.93. The van der Waals surface area contributed by atoms with Crippen molar-refractivity contribution < 1.29 is 4.42 Å². The third-order valence-electron chi connectivity index (χ3n) is 2.13. The van der Waals surface area contributed by atoms with Gasteiger partial charge in [-0.05, 0) is 26.1 Å². The number of rotatable bonds is 2. The molecule has 0 atom stereocenters. The maximum atomic E-state index is 11.3. The first kappa shape index (κ1) is 9.91. The van der Waals surface area contributed by atoms with E-state index in [-0.39, 0.29) is 12.2 Å². The summed E-state index contributed by atoms with van der Waals surface area (Å²) in [5, 5.41) is 4.94. The molecule has 0 amide bonds. The molecular formula is C8H10N4O2S. The van der Waals surface area contributed by atoms with Gasteiger partial charge in [0.2, 0.25) is 5.89 Å². The highest BCUT2D eigenvalue weighted by Crippen LogP contribution is 2.08. The number of hydrogen-bond acceptors (Lipinski definition) is 4. The number of H-pyrrole nitrogens is 2. The molecule has 0 aliphatic carbocycles. The summed E-state index contributed by atoms with van der Waals surface area (Å²) in [7, 11) is 0. The van der Waals surface area contributed by atoms with Gasteiger partial charge in [-0.2, -0.15) is 0 Å². The SMILES string of the molecule is Cc1nc(Cn2c(=O)[nH][nH]c2=S)oc1C. The summed E-state index contributed by atoms with van der Waals surface area (Å²) in [6, 6.07) is 0. The predicted octanol–water partition coefficient (Wildman–Crippen LogP) is 0.887. The summed E-state index contributed by atoms with van der Waals surface area (Å²) in [5.74, 6) is 1.23. The van der Waals surface area contributed by atoms with E-state index in [1.54, 1.807) is 0 Å². The third kappa shape index (κ3) is 1.78. The van der Waals surface area contributed by atoms with Gasteiger partial charge >= 0.3 is 5.69 Å². The maximum absolute atomic E-state index is 11.3. The van der Waals surface area contributed by atoms with Crippen LogP contribution in [-0.2, 0) is 6.54 Å². The molecule has 7 heteroatoms. The number of hydrogen-bond donors (Lipinski definition) is 2. The average molecular weight is 226 g/mol. The van der Waals surface area contributed by atoms with Crippen molar-refractivity contribution in [3.8, 4) is 0 Å². The summed E-state index contributed by atoms with van der Waals surface area (Å²) in [6.45, 7) is 3.92. The molecule has 2 heterocycles. The normalized spacial score (nSPS) is 10.8. The molecule has 0 spiro atoms. The van der Waals surface area contributed by atoms with Crippen LogP contribution in [0.3, 0.4) is 0 Å². The number of nitrogens with zero attached hydrogens (tertiary/aromatic N) is 2. The van der Waals surface area contributed by atoms with Gasteiger partial charge in [0.15, 0.2) is 4.77 Å². The van der Waals surface area contributed by atoms with Crippen LogP contribution in [0.4, 0.5) is 0 Å². The van der Waals surface area contributed by atoms with E-state index < -0.39 is 0 Å². The first-order valence-corrected chi connectivity index (χ1v) is 4.79. The van der Waals surface area contributed by atoms with Gasteiger partial charge in [-0.3, -0.25) is 9.67 Å². The molecule has 0 aliphatic heterocycles. The Hall–Kier alpha value is -1.63. The van der Waals surface area contributed by atoms with Crippen molar-refractivity contribution in [2.75, 3.05) is 0 Å². The van der Waals surface area contributed by atoms with Gasteiger partial charge in [0.1, 0.15) is 12.3 Å². The zero-order valence-corrected chi connectivity index (χ0v) is 9.14. The minimum absolute atomic E-state index is 0.242. The van der Waals surface area contributed by atoms with Crippen LogP contribution >= 0.6 is 12.2 Å². The van der Waals surface area contributed by atoms with Crippen molar-refractivity contribution in [2.45, 2.75) is 20.4 Å². The first-order chi connectivity index (χ1) is 7.08. The van der Waals surface area contributed by atoms with Crippen LogP contribution in [0.25, 0.3) is 0 Å². The van der Waals surface area contributed by atoms with Crippen LogP contribution in [0.1, 0.15) is 17.3 Å². The van der Waals surface area contributed by atoms with E-state index in [1.807, 2.05) is 13.8 Å². The lowest BCUT2D eigenvalue weighted by atomic mass is 10.4. The third-order valence-corrected chi connectivity index (χ3v) is 2.46. The van der Waals surface area contributed by atoms with E-state index >= 15 is 0 Å². The highest BCUT2D eigenvalue weighted by Gasteiger charge is 2.08. The first-order valence-electron chi connectivity index (χ1n) is 4.38. The van der Waals surface area contributed by atoms with Gasteiger partial charge in [0.25, 0.3) is 0 Å². The number of nitrogens with one attached hydrogen (secondary N) is 2. The summed E-state index contributed by atoms with van der Waals surface area (Å²) < 4.78 is 7.03. The molecule has 0 aliphatic rings. The number of oxazole rings is 1. The smallest absolute Gasteiger partial charge is 0.342 e. The van der Waals surface area contributed by atoms with E-state index in [2.05, 4.69) is 15.2 Å². The maximum Gasteiger partial charge on any atom is 0.342 e. The van der Waals surface area contributed by atoms with Crippen molar-refractivity contribution in [3.63, 3.8) is 0 Å². The van der Waals surface area contributed by atoms with Crippen molar-refractivity contribution >= 4 is 12.2 Å². The van der Waals surface area contributed by atoms with Crippen LogP contribution in [0, 0.1) is 18.6 Å². The molecule has 2 rings (SSSR count). The van der Waals surface area contributed by atoms with E-state index in [9.17, 15) is 4.79 Å². The molecule has 2 aromatic rings. The molecule has 0 saturated heterocycles. The summed E-state index contributed by atoms with van der Waals surface area (Å²) in [5.41, 5.74) is 0.525. The Kier molecular flexibility index (Phi) is 2.31. The van der Waals surface area contributed by atoms with Crippen molar-refractivity contribution in [1.82, 2.24) is 19.7 Å². The second kappa shape index (κ2) is 3.50. The van der Waals surface area contributed by atoms with E-state index in [0.717, 1.165) is 11.5 Å². The largest absolute Gasteiger partial charge is 0.444 e. The molecule has 0 fully saturated rings. The van der Waals surface area contributed by atoms with Gasteiger partial charge in [-0.15, -0.1) is 0 Å². The highest BCUT2D eigenvalue weighted by atomic mass is 32.1. The quantitative estimate of drug-likeness (QED) is 0.745. The van der Waals surface area contributed by atoms with E-state index in [4.69, 9.17) is 16.6 Å². The lowest BCUT2D eigenvalue weighted by molar-refractivity contribution is 0.453. The van der Waals surface area contributed by atoms with Crippen molar-refractivity contribution in [2.24, 2.45) is 0 Å². The molecule has 2 aromatic heterocycles. The number of aromatic nitrogens is 4. The fraction of sp³-hybridized carbons (Fsp3) is 0.375. The van der Waals surface area contributed by atoms with Crippen LogP contribution in [0.2, 0.25) is 0 Å². The minimum Gasteiger partial charge on any atom is -0.444 e. The Morgan fingerprint density at radius 1 is 1.47 bits per heavy atom. The fourth-order valence-corrected chi connectivity index (χ4v) is 1.42. The van der Waals surface area contributed by atoms with Crippen LogP contribution in [0.15, 0.2) is 9.21 Å². The predicted molar refractivity (Wildman–Crippen MR) is 55.3 cm³/mol. The van der Waals surface area contributed by atoms with Gasteiger partial charge in [-0.1, -0.05) is 0 Å². The molecule has 15 heavy (non-hydrogen) atoms.